The summed E-state index contributed by atoms with van der Waals surface area (Å²) < 4.78 is 15.5. The molecule has 4 nitrogen and oxygen atoms in total. The molecule has 0 aliphatic carbocycles. The molecule has 0 spiro atoms. The van der Waals surface area contributed by atoms with Crippen molar-refractivity contribution in [1.82, 2.24) is 19.7 Å². The average Bonchev–Trinajstić information content (AvgIpc) is 3.26. The van der Waals surface area contributed by atoms with Crippen molar-refractivity contribution in [1.29, 1.82) is 0 Å². The Bertz CT molecular complexity index is 1440. The Morgan fingerprint density at radius 3 is 2.52 bits per heavy atom. The first-order valence-corrected chi connectivity index (χ1v) is 12.0. The third kappa shape index (κ3) is 4.36. The molecule has 0 bridgehead atoms. The van der Waals surface area contributed by atoms with Crippen molar-refractivity contribution in [2.75, 3.05) is 0 Å². The first-order chi connectivity index (χ1) is 16.1. The van der Waals surface area contributed by atoms with Gasteiger partial charge in [-0.2, -0.15) is 0 Å². The summed E-state index contributed by atoms with van der Waals surface area (Å²) in [6, 6.07) is 24.8. The van der Waals surface area contributed by atoms with Gasteiger partial charge in [0.2, 0.25) is 0 Å². The lowest BCUT2D eigenvalue weighted by atomic mass is 10.0. The zero-order chi connectivity index (χ0) is 22.8. The van der Waals surface area contributed by atoms with Gasteiger partial charge >= 0.3 is 0 Å². The van der Waals surface area contributed by atoms with Crippen molar-refractivity contribution in [2.45, 2.75) is 24.4 Å². The summed E-state index contributed by atoms with van der Waals surface area (Å²) in [4.78, 5) is 4.88. The lowest BCUT2D eigenvalue weighted by molar-refractivity contribution is 0.627. The molecule has 0 radical (unpaired) electrons. The van der Waals surface area contributed by atoms with Crippen LogP contribution in [0.25, 0.3) is 33.5 Å². The Kier molecular flexibility index (Phi) is 6.11. The number of benzene rings is 3. The van der Waals surface area contributed by atoms with E-state index in [0.717, 1.165) is 44.3 Å². The maximum Gasteiger partial charge on any atom is 0.191 e. The van der Waals surface area contributed by atoms with Gasteiger partial charge < -0.3 is 4.57 Å². The predicted octanol–water partition coefficient (Wildman–Crippen LogP) is 7.27. The topological polar surface area (TPSA) is 43.6 Å². The second-order valence-corrected chi connectivity index (χ2v) is 8.86. The van der Waals surface area contributed by atoms with Crippen molar-refractivity contribution < 1.29 is 4.39 Å². The van der Waals surface area contributed by atoms with Gasteiger partial charge in [-0.05, 0) is 36.8 Å². The fourth-order valence-corrected chi connectivity index (χ4v) is 5.10. The molecular weight excluding hydrogens is 455 g/mol. The minimum atomic E-state index is -0.341. The first kappa shape index (κ1) is 21.6. The molecule has 164 valence electrons. The van der Waals surface area contributed by atoms with Crippen LogP contribution in [0.3, 0.4) is 0 Å². The molecule has 2 heterocycles. The fourth-order valence-electron chi connectivity index (χ4n) is 3.78. The number of nitrogens with zero attached hydrogens (tertiary/aromatic N) is 4. The van der Waals surface area contributed by atoms with Crippen LogP contribution in [0.15, 0.2) is 84.0 Å². The van der Waals surface area contributed by atoms with E-state index in [1.54, 1.807) is 6.07 Å². The summed E-state index contributed by atoms with van der Waals surface area (Å²) in [5, 5.41) is 11.3. The molecule has 5 rings (SSSR count). The van der Waals surface area contributed by atoms with Gasteiger partial charge in [0.15, 0.2) is 11.0 Å². The highest BCUT2D eigenvalue weighted by atomic mass is 35.5. The number of thioether (sulfide) groups is 1. The van der Waals surface area contributed by atoms with Crippen LogP contribution < -0.4 is 0 Å². The molecule has 0 fully saturated rings. The van der Waals surface area contributed by atoms with Gasteiger partial charge in [0, 0.05) is 33.8 Å². The van der Waals surface area contributed by atoms with E-state index in [-0.39, 0.29) is 5.82 Å². The predicted molar refractivity (Wildman–Crippen MR) is 133 cm³/mol. The minimum Gasteiger partial charge on any atom is -0.302 e. The largest absolute Gasteiger partial charge is 0.302 e. The lowest BCUT2D eigenvalue weighted by Crippen LogP contribution is -2.01. The van der Waals surface area contributed by atoms with E-state index in [1.807, 2.05) is 36.4 Å². The van der Waals surface area contributed by atoms with Crippen LogP contribution in [0, 0.1) is 5.82 Å². The van der Waals surface area contributed by atoms with Crippen LogP contribution >= 0.6 is 23.4 Å². The monoisotopic (exact) mass is 474 g/mol. The van der Waals surface area contributed by atoms with Crippen LogP contribution in [-0.2, 0) is 12.3 Å². The molecule has 2 aromatic heterocycles. The highest BCUT2D eigenvalue weighted by Crippen LogP contribution is 2.34. The maximum absolute atomic E-state index is 13.4. The molecule has 33 heavy (non-hydrogen) atoms. The zero-order valence-electron chi connectivity index (χ0n) is 17.9. The molecule has 0 saturated heterocycles. The highest BCUT2D eigenvalue weighted by molar-refractivity contribution is 7.98. The van der Waals surface area contributed by atoms with Crippen molar-refractivity contribution in [2.24, 2.45) is 0 Å². The van der Waals surface area contributed by atoms with Gasteiger partial charge in [0.05, 0.1) is 11.2 Å². The van der Waals surface area contributed by atoms with Crippen molar-refractivity contribution >= 4 is 34.3 Å². The van der Waals surface area contributed by atoms with Crippen molar-refractivity contribution in [3.8, 4) is 22.6 Å². The number of pyridine rings is 1. The standard InChI is InChI=1S/C26H20ClFN4S/c1-2-32-25(30-31-26(32)33-16-18-12-13-19(28)14-22(18)27)21-15-24(17-8-4-3-5-9-17)29-23-11-7-6-10-20(21)23/h3-15H,2,16H2,1H3. The maximum atomic E-state index is 13.4. The molecule has 0 aliphatic heterocycles. The summed E-state index contributed by atoms with van der Waals surface area (Å²) in [6.45, 7) is 2.78. The SMILES string of the molecule is CCn1c(SCc2ccc(F)cc2Cl)nnc1-c1cc(-c2ccccc2)nc2ccccc12. The Morgan fingerprint density at radius 1 is 0.939 bits per heavy atom. The van der Waals surface area contributed by atoms with E-state index in [0.29, 0.717) is 17.3 Å². The lowest BCUT2D eigenvalue weighted by Gasteiger charge is -2.12. The van der Waals surface area contributed by atoms with E-state index in [1.165, 1.54) is 23.9 Å². The molecule has 0 atom stereocenters. The van der Waals surface area contributed by atoms with Gasteiger partial charge in [-0.3, -0.25) is 0 Å². The van der Waals surface area contributed by atoms with Gasteiger partial charge in [-0.1, -0.05) is 78.0 Å². The number of fused-ring (bicyclic) bond motifs is 1. The summed E-state index contributed by atoms with van der Waals surface area (Å²) in [7, 11) is 0. The second kappa shape index (κ2) is 9.33. The Morgan fingerprint density at radius 2 is 1.73 bits per heavy atom. The van der Waals surface area contributed by atoms with E-state index >= 15 is 0 Å². The normalized spacial score (nSPS) is 11.2. The third-order valence-electron chi connectivity index (χ3n) is 5.43. The van der Waals surface area contributed by atoms with Crippen LogP contribution in [0.5, 0.6) is 0 Å². The Labute approximate surface area is 200 Å². The molecule has 7 heteroatoms. The smallest absolute Gasteiger partial charge is 0.191 e. The Balaban J connectivity index is 1.57. The van der Waals surface area contributed by atoms with Gasteiger partial charge in [0.25, 0.3) is 0 Å². The van der Waals surface area contributed by atoms with Crippen LogP contribution in [0.1, 0.15) is 12.5 Å². The molecule has 0 aliphatic rings. The van der Waals surface area contributed by atoms with Gasteiger partial charge in [-0.15, -0.1) is 10.2 Å². The molecule has 3 aromatic carbocycles. The second-order valence-electron chi connectivity index (χ2n) is 7.51. The first-order valence-electron chi connectivity index (χ1n) is 10.6. The van der Waals surface area contributed by atoms with Crippen LogP contribution in [-0.4, -0.2) is 19.7 Å². The highest BCUT2D eigenvalue weighted by Gasteiger charge is 2.18. The number of hydrogen-bond donors (Lipinski definition) is 0. The Hall–Kier alpha value is -3.22. The number of para-hydroxylation sites is 1. The van der Waals surface area contributed by atoms with E-state index < -0.39 is 0 Å². The average molecular weight is 475 g/mol. The molecule has 0 saturated carbocycles. The number of aromatic nitrogens is 4. The zero-order valence-corrected chi connectivity index (χ0v) is 19.4. The molecular formula is C26H20ClFN4S. The van der Waals surface area contributed by atoms with Gasteiger partial charge in [0.1, 0.15) is 5.82 Å². The van der Waals surface area contributed by atoms with E-state index in [4.69, 9.17) is 16.6 Å². The quantitative estimate of drug-likeness (QED) is 0.243. The number of rotatable bonds is 6. The summed E-state index contributed by atoms with van der Waals surface area (Å²) >= 11 is 7.74. The molecule has 5 aromatic rings. The molecule has 0 N–H and O–H groups in total. The summed E-state index contributed by atoms with van der Waals surface area (Å²) in [6.07, 6.45) is 0. The molecule has 0 unspecified atom stereocenters. The minimum absolute atomic E-state index is 0.341. The third-order valence-corrected chi connectivity index (χ3v) is 6.80. The van der Waals surface area contributed by atoms with Crippen LogP contribution in [0.2, 0.25) is 5.02 Å². The van der Waals surface area contributed by atoms with Crippen LogP contribution in [0.4, 0.5) is 4.39 Å². The summed E-state index contributed by atoms with van der Waals surface area (Å²) in [5.41, 5.74) is 4.69. The summed E-state index contributed by atoms with van der Waals surface area (Å²) in [5.74, 6) is 1.02. The molecule has 0 amide bonds. The van der Waals surface area contributed by atoms with Crippen molar-refractivity contribution in [3.05, 3.63) is 95.3 Å². The fraction of sp³-hybridized carbons (Fsp3) is 0.115. The van der Waals surface area contributed by atoms with E-state index in [9.17, 15) is 4.39 Å². The number of hydrogen-bond acceptors (Lipinski definition) is 4. The number of halogens is 2. The van der Waals surface area contributed by atoms with E-state index in [2.05, 4.69) is 46.0 Å². The van der Waals surface area contributed by atoms with Gasteiger partial charge in [-0.25, -0.2) is 9.37 Å². The van der Waals surface area contributed by atoms with Crippen molar-refractivity contribution in [3.63, 3.8) is 0 Å².